The summed E-state index contributed by atoms with van der Waals surface area (Å²) in [5.41, 5.74) is 2.14. The summed E-state index contributed by atoms with van der Waals surface area (Å²) >= 11 is 1.25. The van der Waals surface area contributed by atoms with Gasteiger partial charge < -0.3 is 23.5 Å². The molecule has 31 heavy (non-hydrogen) atoms. The second-order valence-electron chi connectivity index (χ2n) is 5.93. The van der Waals surface area contributed by atoms with Crippen LogP contribution >= 0.6 is 19.4 Å². The van der Waals surface area contributed by atoms with Crippen LogP contribution in [0.4, 0.5) is 0 Å². The van der Waals surface area contributed by atoms with E-state index in [4.69, 9.17) is 23.5 Å². The molecule has 3 rings (SSSR count). The molecule has 0 saturated carbocycles. The van der Waals surface area contributed by atoms with Gasteiger partial charge in [-0.1, -0.05) is 6.07 Å². The van der Waals surface area contributed by atoms with Gasteiger partial charge in [-0.15, -0.1) is 0 Å². The van der Waals surface area contributed by atoms with Crippen molar-refractivity contribution in [3.63, 3.8) is 0 Å². The van der Waals surface area contributed by atoms with Crippen molar-refractivity contribution in [2.24, 2.45) is 0 Å². The van der Waals surface area contributed by atoms with Crippen LogP contribution < -0.4 is 23.5 Å². The normalized spacial score (nSPS) is 10.8. The Kier molecular flexibility index (Phi) is 8.79. The number of ether oxygens (including phenoxy) is 4. The number of phosphoric acid groups is 1. The zero-order chi connectivity index (χ0) is 21.9. The van der Waals surface area contributed by atoms with Crippen molar-refractivity contribution < 1.29 is 37.8 Å². The van der Waals surface area contributed by atoms with Crippen molar-refractivity contribution in [2.75, 3.05) is 28.4 Å². The number of nitrogens with zero attached hydrogens (tertiary/aromatic N) is 1. The third-order valence-corrected chi connectivity index (χ3v) is 5.47. The monoisotopic (exact) mass is 477 g/mol. The summed E-state index contributed by atoms with van der Waals surface area (Å²) in [4.78, 5) is 19.2. The average molecular weight is 477 g/mol. The summed E-state index contributed by atoms with van der Waals surface area (Å²) in [5.74, 6) is 1.57. The summed E-state index contributed by atoms with van der Waals surface area (Å²) in [6, 6.07) is 8.40. The van der Waals surface area contributed by atoms with E-state index in [9.17, 15) is 14.4 Å². The van der Waals surface area contributed by atoms with E-state index < -0.39 is 7.82 Å². The molecule has 0 radical (unpaired) electrons. The molecule has 2 aromatic carbocycles. The molecular weight excluding hydrogens is 456 g/mol. The standard InChI is InChI=1S/C19H20NO8PS.Na.H/c1-24-14-6-5-11(7-15(14)28-29(21,22)23)13-10-20-30-19(13)12-8-16(25-2)18(27-4)17(9-12)26-3;;/h5-10H,1-4H3,(H2,21,22,23);;. The molecule has 0 unspecified atom stereocenters. The quantitative estimate of drug-likeness (QED) is 0.372. The maximum absolute atomic E-state index is 11.3. The fourth-order valence-corrected chi connectivity index (χ4v) is 4.06. The Labute approximate surface area is 205 Å². The van der Waals surface area contributed by atoms with Crippen LogP contribution in [0.15, 0.2) is 36.5 Å². The van der Waals surface area contributed by atoms with E-state index in [0.29, 0.717) is 22.8 Å². The van der Waals surface area contributed by atoms with Crippen molar-refractivity contribution in [1.29, 1.82) is 0 Å². The molecule has 0 aliphatic carbocycles. The fraction of sp³-hybridized carbons (Fsp3) is 0.211. The van der Waals surface area contributed by atoms with Crippen LogP contribution in [0.2, 0.25) is 0 Å². The van der Waals surface area contributed by atoms with Crippen molar-refractivity contribution in [1.82, 2.24) is 4.37 Å². The second kappa shape index (κ2) is 10.7. The number of rotatable bonds is 8. The molecule has 0 aliphatic rings. The minimum atomic E-state index is -4.76. The van der Waals surface area contributed by atoms with E-state index in [1.54, 1.807) is 30.5 Å². The Bertz CT molecular complexity index is 1080. The molecule has 12 heteroatoms. The molecule has 162 valence electrons. The molecule has 3 aromatic rings. The molecule has 0 fully saturated rings. The fourth-order valence-electron chi connectivity index (χ4n) is 2.91. The molecule has 0 saturated heterocycles. The molecule has 9 nitrogen and oxygen atoms in total. The summed E-state index contributed by atoms with van der Waals surface area (Å²) in [5, 5.41) is 0. The molecular formula is C19H21NNaO8PS. The summed E-state index contributed by atoms with van der Waals surface area (Å²) in [6.45, 7) is 0. The first-order chi connectivity index (χ1) is 14.3. The van der Waals surface area contributed by atoms with Gasteiger partial charge >= 0.3 is 37.4 Å². The summed E-state index contributed by atoms with van der Waals surface area (Å²) in [7, 11) is 1.21. The van der Waals surface area contributed by atoms with Gasteiger partial charge in [-0.2, -0.15) is 4.37 Å². The zero-order valence-electron chi connectivity index (χ0n) is 16.6. The van der Waals surface area contributed by atoms with Crippen LogP contribution in [-0.4, -0.2) is 72.2 Å². The Morgan fingerprint density at radius 3 is 1.94 bits per heavy atom. The van der Waals surface area contributed by atoms with Gasteiger partial charge in [0.15, 0.2) is 23.0 Å². The van der Waals surface area contributed by atoms with Crippen molar-refractivity contribution in [2.45, 2.75) is 0 Å². The first-order valence-corrected chi connectivity index (χ1v) is 10.8. The first-order valence-electron chi connectivity index (χ1n) is 8.50. The zero-order valence-corrected chi connectivity index (χ0v) is 18.3. The van der Waals surface area contributed by atoms with E-state index >= 15 is 0 Å². The molecule has 0 atom stereocenters. The molecule has 0 aliphatic heterocycles. The van der Waals surface area contributed by atoms with E-state index in [2.05, 4.69) is 4.37 Å². The molecule has 0 bridgehead atoms. The number of phosphoric ester groups is 1. The Morgan fingerprint density at radius 2 is 1.42 bits per heavy atom. The van der Waals surface area contributed by atoms with E-state index in [-0.39, 0.29) is 41.1 Å². The van der Waals surface area contributed by atoms with Crippen molar-refractivity contribution in [3.8, 4) is 50.3 Å². The van der Waals surface area contributed by atoms with Crippen LogP contribution in [-0.2, 0) is 4.57 Å². The van der Waals surface area contributed by atoms with Crippen LogP contribution in [0.1, 0.15) is 0 Å². The van der Waals surface area contributed by atoms with Crippen molar-refractivity contribution >= 4 is 48.9 Å². The average Bonchev–Trinajstić information content (AvgIpc) is 3.21. The van der Waals surface area contributed by atoms with Crippen molar-refractivity contribution in [3.05, 3.63) is 36.5 Å². The predicted molar refractivity (Wildman–Crippen MR) is 119 cm³/mol. The Balaban J connectivity index is 0.00000341. The molecule has 0 amide bonds. The van der Waals surface area contributed by atoms with Crippen LogP contribution in [0.3, 0.4) is 0 Å². The van der Waals surface area contributed by atoms with Crippen LogP contribution in [0.25, 0.3) is 21.6 Å². The second-order valence-corrected chi connectivity index (χ2v) is 7.90. The van der Waals surface area contributed by atoms with Gasteiger partial charge in [0.25, 0.3) is 0 Å². The molecule has 2 N–H and O–H groups in total. The Hall–Kier alpha value is -1.78. The van der Waals surface area contributed by atoms with Gasteiger partial charge in [0.2, 0.25) is 5.75 Å². The van der Waals surface area contributed by atoms with Crippen LogP contribution in [0, 0.1) is 0 Å². The van der Waals surface area contributed by atoms with E-state index in [1.807, 2.05) is 0 Å². The van der Waals surface area contributed by atoms with Gasteiger partial charge in [-0.25, -0.2) is 4.57 Å². The van der Waals surface area contributed by atoms with Gasteiger partial charge in [-0.05, 0) is 41.4 Å². The topological polar surface area (TPSA) is 117 Å². The number of aromatic nitrogens is 1. The number of hydrogen-bond donors (Lipinski definition) is 2. The SMILES string of the molecule is COc1ccc(-c2cnsc2-c2cc(OC)c(OC)c(OC)c2)cc1OP(=O)(O)O.[NaH]. The Morgan fingerprint density at radius 1 is 0.839 bits per heavy atom. The first kappa shape index (κ1) is 25.5. The maximum atomic E-state index is 11.3. The van der Waals surface area contributed by atoms with Gasteiger partial charge in [0.05, 0.1) is 33.3 Å². The molecule has 1 heterocycles. The molecule has 0 spiro atoms. The van der Waals surface area contributed by atoms with Gasteiger partial charge in [0.1, 0.15) is 0 Å². The summed E-state index contributed by atoms with van der Waals surface area (Å²) in [6.07, 6.45) is 1.66. The number of hydrogen-bond acceptors (Lipinski definition) is 8. The van der Waals surface area contributed by atoms with E-state index in [0.717, 1.165) is 16.0 Å². The van der Waals surface area contributed by atoms with E-state index in [1.165, 1.54) is 46.0 Å². The van der Waals surface area contributed by atoms with Gasteiger partial charge in [-0.3, -0.25) is 9.79 Å². The minimum absolute atomic E-state index is 0. The van der Waals surface area contributed by atoms with Crippen LogP contribution in [0.5, 0.6) is 28.7 Å². The summed E-state index contributed by atoms with van der Waals surface area (Å²) < 4.78 is 41.7. The number of methoxy groups -OCH3 is 4. The number of benzene rings is 2. The third kappa shape index (κ3) is 5.72. The van der Waals surface area contributed by atoms with Gasteiger partial charge in [0, 0.05) is 17.3 Å². The predicted octanol–water partition coefficient (Wildman–Crippen LogP) is 3.33. The molecule has 1 aromatic heterocycles. The third-order valence-electron chi connectivity index (χ3n) is 4.19.